The summed E-state index contributed by atoms with van der Waals surface area (Å²) in [5.41, 5.74) is 7.65. The molecule has 3 nitrogen and oxygen atoms in total. The first-order valence-corrected chi connectivity index (χ1v) is 5.66. The summed E-state index contributed by atoms with van der Waals surface area (Å²) in [6.07, 6.45) is 1.88. The first-order valence-electron chi connectivity index (χ1n) is 5.66. The largest absolute Gasteiger partial charge is 0.383 e. The van der Waals surface area contributed by atoms with Gasteiger partial charge in [0.15, 0.2) is 0 Å². The monoisotopic (exact) mass is 217 g/mol. The number of hydrogen-bond donors (Lipinski definition) is 2. The van der Waals surface area contributed by atoms with Gasteiger partial charge in [-0.3, -0.25) is 0 Å². The van der Waals surface area contributed by atoms with Gasteiger partial charge in [-0.05, 0) is 31.0 Å². The number of rotatable bonds is 5. The van der Waals surface area contributed by atoms with E-state index in [1.807, 2.05) is 18.2 Å². The van der Waals surface area contributed by atoms with Gasteiger partial charge < -0.3 is 11.1 Å². The van der Waals surface area contributed by atoms with Crippen LogP contribution < -0.4 is 11.1 Å². The molecule has 86 valence electrons. The van der Waals surface area contributed by atoms with Gasteiger partial charge in [-0.1, -0.05) is 19.9 Å². The van der Waals surface area contributed by atoms with Gasteiger partial charge in [-0.25, -0.2) is 0 Å². The normalized spacial score (nSPS) is 10.9. The average Bonchev–Trinajstić information content (AvgIpc) is 2.36. The Balaban J connectivity index is 2.64. The molecule has 0 bridgehead atoms. The first kappa shape index (κ1) is 12.5. The maximum atomic E-state index is 8.78. The Kier molecular flexibility index (Phi) is 4.33. The number of benzene rings is 1. The van der Waals surface area contributed by atoms with Crippen LogP contribution in [0.15, 0.2) is 24.3 Å². The quantitative estimate of drug-likeness (QED) is 0.796. The molecule has 0 heterocycles. The zero-order valence-electron chi connectivity index (χ0n) is 9.96. The number of nitrogens with two attached hydrogens (primary N) is 1. The van der Waals surface area contributed by atoms with E-state index in [9.17, 15) is 0 Å². The van der Waals surface area contributed by atoms with Crippen molar-refractivity contribution in [3.63, 3.8) is 0 Å². The molecule has 0 aliphatic heterocycles. The van der Waals surface area contributed by atoms with Crippen molar-refractivity contribution < 1.29 is 0 Å². The number of hydrogen-bond acceptors (Lipinski definition) is 3. The summed E-state index contributed by atoms with van der Waals surface area (Å²) >= 11 is 0. The lowest BCUT2D eigenvalue weighted by molar-refractivity contribution is 0.418. The number of anilines is 1. The van der Waals surface area contributed by atoms with E-state index in [1.54, 1.807) is 6.07 Å². The molecule has 1 rings (SSSR count). The zero-order chi connectivity index (χ0) is 12.0. The van der Waals surface area contributed by atoms with Crippen LogP contribution in [0.4, 0.5) is 5.69 Å². The Morgan fingerprint density at radius 2 is 2.06 bits per heavy atom. The minimum Gasteiger partial charge on any atom is -0.383 e. The lowest BCUT2D eigenvalue weighted by atomic mass is 9.94. The molecular formula is C13H19N3. The van der Waals surface area contributed by atoms with Gasteiger partial charge in [-0.15, -0.1) is 0 Å². The summed E-state index contributed by atoms with van der Waals surface area (Å²) in [5, 5.41) is 12.1. The molecule has 1 aromatic rings. The highest BCUT2D eigenvalue weighted by molar-refractivity contribution is 5.49. The maximum Gasteiger partial charge on any atom is 0.0992 e. The number of nitrogens with one attached hydrogen (secondary N) is 1. The van der Waals surface area contributed by atoms with E-state index in [0.29, 0.717) is 5.56 Å². The van der Waals surface area contributed by atoms with Crippen LogP contribution in [0.1, 0.15) is 32.3 Å². The summed E-state index contributed by atoms with van der Waals surface area (Å²) < 4.78 is 0. The molecule has 0 aliphatic rings. The van der Waals surface area contributed by atoms with Crippen molar-refractivity contribution in [2.24, 2.45) is 5.73 Å². The van der Waals surface area contributed by atoms with Crippen molar-refractivity contribution in [1.29, 1.82) is 5.26 Å². The Bertz CT molecular complexity index is 375. The molecule has 0 aromatic heterocycles. The fourth-order valence-electron chi connectivity index (χ4n) is 1.48. The third-order valence-electron chi connectivity index (χ3n) is 3.04. The minimum atomic E-state index is -0.164. The van der Waals surface area contributed by atoms with Crippen LogP contribution in [0, 0.1) is 11.3 Å². The molecule has 0 unspecified atom stereocenters. The van der Waals surface area contributed by atoms with E-state index in [-0.39, 0.29) is 5.54 Å². The van der Waals surface area contributed by atoms with Crippen LogP contribution in [0.3, 0.4) is 0 Å². The molecule has 3 N–H and O–H groups in total. The van der Waals surface area contributed by atoms with Crippen molar-refractivity contribution in [2.45, 2.75) is 32.2 Å². The number of nitrogens with zero attached hydrogens (tertiary/aromatic N) is 1. The SMILES string of the molecule is CCC(N)(CC)CNc1cccc(C#N)c1. The minimum absolute atomic E-state index is 0.164. The fourth-order valence-corrected chi connectivity index (χ4v) is 1.48. The summed E-state index contributed by atoms with van der Waals surface area (Å²) in [6.45, 7) is 4.92. The van der Waals surface area contributed by atoms with Gasteiger partial charge in [0.1, 0.15) is 0 Å². The summed E-state index contributed by atoms with van der Waals surface area (Å²) in [4.78, 5) is 0. The maximum absolute atomic E-state index is 8.78. The molecule has 16 heavy (non-hydrogen) atoms. The highest BCUT2D eigenvalue weighted by Gasteiger charge is 2.19. The molecule has 0 saturated heterocycles. The lowest BCUT2D eigenvalue weighted by Crippen LogP contribution is -2.45. The molecule has 0 atom stereocenters. The van der Waals surface area contributed by atoms with Gasteiger partial charge in [-0.2, -0.15) is 5.26 Å². The predicted molar refractivity (Wildman–Crippen MR) is 67.1 cm³/mol. The average molecular weight is 217 g/mol. The van der Waals surface area contributed by atoms with Crippen molar-refractivity contribution in [1.82, 2.24) is 0 Å². The Morgan fingerprint density at radius 1 is 1.38 bits per heavy atom. The Labute approximate surface area is 97.3 Å². The van der Waals surface area contributed by atoms with Crippen LogP contribution in [0.25, 0.3) is 0 Å². The van der Waals surface area contributed by atoms with Crippen molar-refractivity contribution in [3.8, 4) is 6.07 Å². The van der Waals surface area contributed by atoms with Crippen LogP contribution in [-0.4, -0.2) is 12.1 Å². The molecule has 0 amide bonds. The molecule has 0 spiro atoms. The Morgan fingerprint density at radius 3 is 2.62 bits per heavy atom. The van der Waals surface area contributed by atoms with Crippen LogP contribution in [-0.2, 0) is 0 Å². The van der Waals surface area contributed by atoms with E-state index in [0.717, 1.165) is 25.1 Å². The van der Waals surface area contributed by atoms with Gasteiger partial charge in [0.2, 0.25) is 0 Å². The molecule has 3 heteroatoms. The molecule has 0 aliphatic carbocycles. The van der Waals surface area contributed by atoms with E-state index in [2.05, 4.69) is 25.2 Å². The Hall–Kier alpha value is -1.53. The molecule has 0 saturated carbocycles. The molecule has 0 fully saturated rings. The van der Waals surface area contributed by atoms with E-state index >= 15 is 0 Å². The van der Waals surface area contributed by atoms with Gasteiger partial charge >= 0.3 is 0 Å². The third kappa shape index (κ3) is 3.25. The van der Waals surface area contributed by atoms with Crippen molar-refractivity contribution in [3.05, 3.63) is 29.8 Å². The summed E-state index contributed by atoms with van der Waals surface area (Å²) in [6, 6.07) is 9.58. The number of nitriles is 1. The molecule has 1 aromatic carbocycles. The van der Waals surface area contributed by atoms with E-state index < -0.39 is 0 Å². The first-order chi connectivity index (χ1) is 7.63. The van der Waals surface area contributed by atoms with Crippen molar-refractivity contribution in [2.75, 3.05) is 11.9 Å². The highest BCUT2D eigenvalue weighted by atomic mass is 14.9. The molecule has 0 radical (unpaired) electrons. The fraction of sp³-hybridized carbons (Fsp3) is 0.462. The second-order valence-corrected chi connectivity index (χ2v) is 4.12. The lowest BCUT2D eigenvalue weighted by Gasteiger charge is -2.27. The van der Waals surface area contributed by atoms with Gasteiger partial charge in [0, 0.05) is 17.8 Å². The topological polar surface area (TPSA) is 61.8 Å². The third-order valence-corrected chi connectivity index (χ3v) is 3.04. The second kappa shape index (κ2) is 5.53. The summed E-state index contributed by atoms with van der Waals surface area (Å²) in [5.74, 6) is 0. The van der Waals surface area contributed by atoms with Gasteiger partial charge in [0.25, 0.3) is 0 Å². The predicted octanol–water partition coefficient (Wildman–Crippen LogP) is 2.49. The van der Waals surface area contributed by atoms with Crippen LogP contribution >= 0.6 is 0 Å². The zero-order valence-corrected chi connectivity index (χ0v) is 9.96. The standard InChI is InChI=1S/C13H19N3/c1-3-13(15,4-2)10-16-12-7-5-6-11(8-12)9-14/h5-8,16H,3-4,10,15H2,1-2H3. The van der Waals surface area contributed by atoms with Crippen molar-refractivity contribution >= 4 is 5.69 Å². The van der Waals surface area contributed by atoms with Crippen LogP contribution in [0.2, 0.25) is 0 Å². The van der Waals surface area contributed by atoms with Gasteiger partial charge in [0.05, 0.1) is 11.6 Å². The second-order valence-electron chi connectivity index (χ2n) is 4.12. The molecular weight excluding hydrogens is 198 g/mol. The highest BCUT2D eigenvalue weighted by Crippen LogP contribution is 2.15. The van der Waals surface area contributed by atoms with E-state index in [4.69, 9.17) is 11.0 Å². The van der Waals surface area contributed by atoms with E-state index in [1.165, 1.54) is 0 Å². The van der Waals surface area contributed by atoms with Crippen LogP contribution in [0.5, 0.6) is 0 Å². The smallest absolute Gasteiger partial charge is 0.0992 e. The summed E-state index contributed by atoms with van der Waals surface area (Å²) in [7, 11) is 0.